The molecular formula is C20H30N2O2. The Kier molecular flexibility index (Phi) is 5.90. The van der Waals surface area contributed by atoms with Crippen LogP contribution in [0.3, 0.4) is 0 Å². The molecule has 3 rings (SSSR count). The molecule has 0 spiro atoms. The van der Waals surface area contributed by atoms with E-state index in [0.29, 0.717) is 6.42 Å². The van der Waals surface area contributed by atoms with Crippen LogP contribution in [0.25, 0.3) is 0 Å². The van der Waals surface area contributed by atoms with Crippen molar-refractivity contribution in [2.24, 2.45) is 0 Å². The van der Waals surface area contributed by atoms with E-state index in [4.69, 9.17) is 0 Å². The summed E-state index contributed by atoms with van der Waals surface area (Å²) in [6.07, 6.45) is 6.86. The Morgan fingerprint density at radius 2 is 2.12 bits per heavy atom. The predicted molar refractivity (Wildman–Crippen MR) is 95.8 cm³/mol. The summed E-state index contributed by atoms with van der Waals surface area (Å²) in [7, 11) is 0. The van der Waals surface area contributed by atoms with Crippen molar-refractivity contribution in [2.75, 3.05) is 13.1 Å². The maximum Gasteiger partial charge on any atom is 0.221 e. The largest absolute Gasteiger partial charge is 0.392 e. The first-order valence-electron chi connectivity index (χ1n) is 9.44. The number of likely N-dealkylation sites (tertiary alicyclic amines) is 1. The summed E-state index contributed by atoms with van der Waals surface area (Å²) in [6, 6.07) is 8.83. The van der Waals surface area contributed by atoms with Crippen LogP contribution in [-0.4, -0.2) is 41.1 Å². The van der Waals surface area contributed by atoms with Crippen molar-refractivity contribution in [3.8, 4) is 0 Å². The lowest BCUT2D eigenvalue weighted by Crippen LogP contribution is -2.47. The van der Waals surface area contributed by atoms with E-state index in [9.17, 15) is 9.90 Å². The van der Waals surface area contributed by atoms with Gasteiger partial charge in [0.1, 0.15) is 0 Å². The van der Waals surface area contributed by atoms with Gasteiger partial charge in [-0.15, -0.1) is 0 Å². The molecule has 0 bridgehead atoms. The number of rotatable bonds is 5. The molecule has 1 fully saturated rings. The molecule has 24 heavy (non-hydrogen) atoms. The third-order valence-corrected chi connectivity index (χ3v) is 5.55. The Morgan fingerprint density at radius 1 is 1.29 bits per heavy atom. The number of amides is 1. The highest BCUT2D eigenvalue weighted by molar-refractivity contribution is 5.76. The molecule has 1 aliphatic carbocycles. The number of nitrogens with one attached hydrogen (secondary N) is 1. The number of nitrogens with zero attached hydrogens (tertiary/aromatic N) is 1. The maximum atomic E-state index is 12.4. The number of carbonyl (C=O) groups excluding carboxylic acids is 1. The first-order chi connectivity index (χ1) is 11.6. The van der Waals surface area contributed by atoms with Crippen molar-refractivity contribution in [3.63, 3.8) is 0 Å². The molecule has 4 heteroatoms. The minimum atomic E-state index is -0.321. The molecule has 1 amide bonds. The summed E-state index contributed by atoms with van der Waals surface area (Å²) in [5.41, 5.74) is 2.66. The molecule has 3 unspecified atom stereocenters. The van der Waals surface area contributed by atoms with Crippen LogP contribution in [-0.2, 0) is 11.2 Å². The first-order valence-corrected chi connectivity index (χ1v) is 9.44. The van der Waals surface area contributed by atoms with Crippen molar-refractivity contribution in [2.45, 2.75) is 70.1 Å². The zero-order chi connectivity index (χ0) is 16.9. The summed E-state index contributed by atoms with van der Waals surface area (Å²) in [4.78, 5) is 14.7. The fourth-order valence-electron chi connectivity index (χ4n) is 4.26. The van der Waals surface area contributed by atoms with E-state index >= 15 is 0 Å². The smallest absolute Gasteiger partial charge is 0.221 e. The summed E-state index contributed by atoms with van der Waals surface area (Å²) in [5, 5.41) is 13.2. The third kappa shape index (κ3) is 4.17. The monoisotopic (exact) mass is 330 g/mol. The Hall–Kier alpha value is -1.39. The number of aliphatic hydroxyl groups excluding tert-OH is 1. The van der Waals surface area contributed by atoms with Gasteiger partial charge >= 0.3 is 0 Å². The molecule has 4 nitrogen and oxygen atoms in total. The molecule has 1 aliphatic heterocycles. The van der Waals surface area contributed by atoms with Gasteiger partial charge in [-0.3, -0.25) is 9.69 Å². The van der Waals surface area contributed by atoms with E-state index in [1.807, 2.05) is 6.92 Å². The van der Waals surface area contributed by atoms with E-state index in [1.165, 1.54) is 24.0 Å². The highest BCUT2D eigenvalue weighted by atomic mass is 16.3. The van der Waals surface area contributed by atoms with Gasteiger partial charge in [0.15, 0.2) is 0 Å². The first kappa shape index (κ1) is 17.4. The topological polar surface area (TPSA) is 52.6 Å². The lowest BCUT2D eigenvalue weighted by atomic mass is 9.87. The number of piperidine rings is 1. The molecule has 1 heterocycles. The van der Waals surface area contributed by atoms with Crippen LogP contribution < -0.4 is 5.32 Å². The second-order valence-electron chi connectivity index (χ2n) is 7.30. The van der Waals surface area contributed by atoms with Crippen molar-refractivity contribution < 1.29 is 9.90 Å². The average molecular weight is 330 g/mol. The second-order valence-corrected chi connectivity index (χ2v) is 7.30. The number of benzene rings is 1. The number of aliphatic hydroxyl groups is 1. The third-order valence-electron chi connectivity index (χ3n) is 5.55. The summed E-state index contributed by atoms with van der Waals surface area (Å²) in [6.45, 7) is 3.60. The molecule has 1 aromatic rings. The van der Waals surface area contributed by atoms with Gasteiger partial charge in [-0.25, -0.2) is 0 Å². The lowest BCUT2D eigenvalue weighted by Gasteiger charge is -2.37. The van der Waals surface area contributed by atoms with Crippen LogP contribution in [0.15, 0.2) is 24.3 Å². The van der Waals surface area contributed by atoms with Crippen LogP contribution in [0.2, 0.25) is 0 Å². The minimum absolute atomic E-state index is 0.131. The average Bonchev–Trinajstić information content (AvgIpc) is 2.60. The van der Waals surface area contributed by atoms with Gasteiger partial charge in [-0.05, 0) is 56.7 Å². The molecule has 0 saturated carbocycles. The molecule has 0 aromatic heterocycles. The summed E-state index contributed by atoms with van der Waals surface area (Å²) in [5.74, 6) is 0.131. The van der Waals surface area contributed by atoms with Gasteiger partial charge in [0, 0.05) is 19.0 Å². The Labute approximate surface area is 145 Å². The van der Waals surface area contributed by atoms with Crippen LogP contribution in [0.4, 0.5) is 0 Å². The summed E-state index contributed by atoms with van der Waals surface area (Å²) >= 11 is 0. The molecule has 2 aliphatic rings. The lowest BCUT2D eigenvalue weighted by molar-refractivity contribution is -0.122. The second kappa shape index (κ2) is 8.13. The molecule has 1 saturated heterocycles. The fourth-order valence-corrected chi connectivity index (χ4v) is 4.26. The van der Waals surface area contributed by atoms with E-state index in [0.717, 1.165) is 38.8 Å². The van der Waals surface area contributed by atoms with E-state index in [2.05, 4.69) is 34.5 Å². The molecule has 3 atom stereocenters. The summed E-state index contributed by atoms with van der Waals surface area (Å²) < 4.78 is 0. The Morgan fingerprint density at radius 3 is 2.96 bits per heavy atom. The van der Waals surface area contributed by atoms with Gasteiger partial charge in [0.2, 0.25) is 5.91 Å². The highest BCUT2D eigenvalue weighted by Crippen LogP contribution is 2.29. The number of hydrogen-bond acceptors (Lipinski definition) is 3. The van der Waals surface area contributed by atoms with Crippen molar-refractivity contribution in [3.05, 3.63) is 35.4 Å². The number of hydrogen-bond donors (Lipinski definition) is 2. The Bertz CT molecular complexity index is 558. The molecule has 2 N–H and O–H groups in total. The van der Waals surface area contributed by atoms with Gasteiger partial charge < -0.3 is 10.4 Å². The SMILES string of the molecule is CC(O)C1CCCCN1CCC(=O)NC1CCCc2ccccc21. The molecule has 132 valence electrons. The van der Waals surface area contributed by atoms with Crippen LogP contribution in [0.5, 0.6) is 0 Å². The number of aryl methyl sites for hydroxylation is 1. The van der Waals surface area contributed by atoms with Crippen molar-refractivity contribution in [1.29, 1.82) is 0 Å². The predicted octanol–water partition coefficient (Wildman–Crippen LogP) is 2.81. The van der Waals surface area contributed by atoms with Crippen LogP contribution >= 0.6 is 0 Å². The standard InChI is InChI=1S/C20H30N2O2/c1-15(23)19-11-4-5-13-22(19)14-12-20(24)21-18-10-6-8-16-7-2-3-9-17(16)18/h2-3,7,9,15,18-19,23H,4-6,8,10-14H2,1H3,(H,21,24). The molecule has 1 aromatic carbocycles. The van der Waals surface area contributed by atoms with Gasteiger partial charge in [0.25, 0.3) is 0 Å². The molecular weight excluding hydrogens is 300 g/mol. The Balaban J connectivity index is 1.53. The van der Waals surface area contributed by atoms with Crippen LogP contribution in [0, 0.1) is 0 Å². The zero-order valence-electron chi connectivity index (χ0n) is 14.7. The maximum absolute atomic E-state index is 12.4. The van der Waals surface area contributed by atoms with Crippen LogP contribution in [0.1, 0.15) is 62.6 Å². The molecule has 0 radical (unpaired) electrons. The number of carbonyl (C=O) groups is 1. The van der Waals surface area contributed by atoms with Crippen molar-refractivity contribution in [1.82, 2.24) is 10.2 Å². The van der Waals surface area contributed by atoms with Gasteiger partial charge in [-0.2, -0.15) is 0 Å². The van der Waals surface area contributed by atoms with E-state index in [1.54, 1.807) is 0 Å². The number of fused-ring (bicyclic) bond motifs is 1. The normalized spacial score (nSPS) is 25.8. The van der Waals surface area contributed by atoms with Gasteiger partial charge in [0.05, 0.1) is 12.1 Å². The van der Waals surface area contributed by atoms with E-state index < -0.39 is 0 Å². The van der Waals surface area contributed by atoms with Gasteiger partial charge in [-0.1, -0.05) is 30.7 Å². The zero-order valence-corrected chi connectivity index (χ0v) is 14.7. The minimum Gasteiger partial charge on any atom is -0.392 e. The highest BCUT2D eigenvalue weighted by Gasteiger charge is 2.27. The van der Waals surface area contributed by atoms with E-state index in [-0.39, 0.29) is 24.1 Å². The van der Waals surface area contributed by atoms with Crippen molar-refractivity contribution >= 4 is 5.91 Å². The fraction of sp³-hybridized carbons (Fsp3) is 0.650. The quantitative estimate of drug-likeness (QED) is 0.873.